The van der Waals surface area contributed by atoms with Crippen LogP contribution in [0.5, 0.6) is 0 Å². The van der Waals surface area contributed by atoms with Crippen LogP contribution in [-0.4, -0.2) is 71.4 Å². The average Bonchev–Trinajstić information content (AvgIpc) is 2.99. The summed E-state index contributed by atoms with van der Waals surface area (Å²) in [6.45, 7) is 5.61. The van der Waals surface area contributed by atoms with E-state index in [1.54, 1.807) is 0 Å². The Morgan fingerprint density at radius 2 is 0.766 bits per heavy atom. The molecule has 0 aliphatic carbocycles. The Labute approximate surface area is 292 Å². The molecule has 8 heteroatoms. The highest BCUT2D eigenvalue weighted by molar-refractivity contribution is 7.51. The van der Waals surface area contributed by atoms with E-state index in [2.05, 4.69) is 35.0 Å². The number of hydrogen-bond acceptors (Lipinski definition) is 4. The fourth-order valence-corrected chi connectivity index (χ4v) is 6.79. The summed E-state index contributed by atoms with van der Waals surface area (Å²) in [5.74, 6) is -1.67. The van der Waals surface area contributed by atoms with Crippen LogP contribution >= 0.6 is 7.60 Å². The van der Waals surface area contributed by atoms with Crippen LogP contribution in [0.4, 0.5) is 0 Å². The second kappa shape index (κ2) is 33.9. The van der Waals surface area contributed by atoms with Gasteiger partial charge in [-0.3, -0.25) is 14.2 Å². The van der Waals surface area contributed by atoms with Gasteiger partial charge in [-0.1, -0.05) is 168 Å². The van der Waals surface area contributed by atoms with Gasteiger partial charge in [0.05, 0.1) is 39.8 Å². The first-order chi connectivity index (χ1) is 22.4. The zero-order valence-corrected chi connectivity index (χ0v) is 32.9. The van der Waals surface area contributed by atoms with Crippen LogP contribution in [0.25, 0.3) is 0 Å². The van der Waals surface area contributed by atoms with Gasteiger partial charge in [0.1, 0.15) is 18.1 Å². The van der Waals surface area contributed by atoms with Crippen LogP contribution in [0.3, 0.4) is 0 Å². The number of aliphatic hydroxyl groups excluding tert-OH is 1. The highest BCUT2D eigenvalue weighted by Crippen LogP contribution is 2.38. The highest BCUT2D eigenvalue weighted by atomic mass is 31.2. The molecule has 282 valence electrons. The molecule has 0 bridgehead atoms. The van der Waals surface area contributed by atoms with E-state index in [1.165, 1.54) is 128 Å². The van der Waals surface area contributed by atoms with Crippen LogP contribution in [-0.2, 0) is 14.2 Å². The molecule has 0 heterocycles. The van der Waals surface area contributed by atoms with Crippen molar-refractivity contribution in [2.45, 2.75) is 194 Å². The van der Waals surface area contributed by atoms with Gasteiger partial charge >= 0.3 is 7.60 Å². The summed E-state index contributed by atoms with van der Waals surface area (Å²) in [6.07, 6.45) is 31.6. The van der Waals surface area contributed by atoms with Crippen LogP contribution in [0, 0.1) is 5.92 Å². The number of carbonyl (C=O) groups excluding carboxylic acids is 2. The van der Waals surface area contributed by atoms with Crippen molar-refractivity contribution in [3.05, 3.63) is 0 Å². The van der Waals surface area contributed by atoms with Crippen molar-refractivity contribution >= 4 is 19.2 Å². The highest BCUT2D eigenvalue weighted by Gasteiger charge is 2.32. The summed E-state index contributed by atoms with van der Waals surface area (Å²) in [4.78, 5) is 44.4. The lowest BCUT2D eigenvalue weighted by atomic mass is 9.93. The van der Waals surface area contributed by atoms with Crippen molar-refractivity contribution in [1.82, 2.24) is 0 Å². The number of ketones is 2. The van der Waals surface area contributed by atoms with Crippen LogP contribution in [0.15, 0.2) is 0 Å². The number of carbonyl (C=O) groups is 2. The zero-order chi connectivity index (χ0) is 35.7. The minimum atomic E-state index is -4.41. The first-order valence-corrected chi connectivity index (χ1v) is 21.7. The van der Waals surface area contributed by atoms with Crippen molar-refractivity contribution < 1.29 is 33.5 Å². The number of unbranched alkanes of at least 4 members (excludes halogenated alkanes) is 24. The van der Waals surface area contributed by atoms with Crippen molar-refractivity contribution in [2.24, 2.45) is 5.92 Å². The predicted octanol–water partition coefficient (Wildman–Crippen LogP) is 10.6. The summed E-state index contributed by atoms with van der Waals surface area (Å²) < 4.78 is 12.5. The molecule has 0 rings (SSSR count). The Kier molecular flexibility index (Phi) is 35.0. The summed E-state index contributed by atoms with van der Waals surface area (Å²) in [6, 6.07) is 0. The average molecular weight is 691 g/mol. The topological polar surface area (TPSA) is 112 Å². The quantitative estimate of drug-likeness (QED) is 0.0268. The summed E-state index contributed by atoms with van der Waals surface area (Å²) in [5.41, 5.74) is 0. The summed E-state index contributed by atoms with van der Waals surface area (Å²) >= 11 is 0. The molecule has 0 aliphatic rings. The van der Waals surface area contributed by atoms with E-state index >= 15 is 0 Å². The maximum absolute atomic E-state index is 12.7. The van der Waals surface area contributed by atoms with Gasteiger partial charge in [0.2, 0.25) is 0 Å². The molecule has 0 saturated carbocycles. The predicted molar refractivity (Wildman–Crippen MR) is 201 cm³/mol. The van der Waals surface area contributed by atoms with Crippen molar-refractivity contribution in [2.75, 3.05) is 40.5 Å². The Morgan fingerprint density at radius 1 is 0.511 bits per heavy atom. The molecule has 0 unspecified atom stereocenters. The van der Waals surface area contributed by atoms with Gasteiger partial charge in [-0.15, -0.1) is 0 Å². The number of Topliss-reactive ketones (excluding diaryl/α,β-unsaturated/α-hetero) is 2. The van der Waals surface area contributed by atoms with E-state index in [-0.39, 0.29) is 31.0 Å². The van der Waals surface area contributed by atoms with Gasteiger partial charge < -0.3 is 19.4 Å². The molecule has 3 N–H and O–H groups in total. The Morgan fingerprint density at radius 3 is 0.957 bits per heavy atom. The Bertz CT molecular complexity index is 706. The summed E-state index contributed by atoms with van der Waals surface area (Å²) in [5, 5.41) is 8.39. The first-order valence-electron chi connectivity index (χ1n) is 19.9. The smallest absolute Gasteiger partial charge is 0.326 e. The van der Waals surface area contributed by atoms with E-state index < -0.39 is 19.7 Å². The van der Waals surface area contributed by atoms with Gasteiger partial charge in [-0.25, -0.2) is 0 Å². The number of aliphatic hydroxyl groups is 1. The molecular weight excluding hydrogens is 609 g/mol. The number of rotatable bonds is 34. The molecular formula is C39H81NO6P+. The SMILES string of the molecule is CCCCCCCCCCCCCCCC(=O)C(CP(=O)(O)O)C(=O)CCCCCCCCCCCCCCC.C[N+](C)(C)CCO. The van der Waals surface area contributed by atoms with E-state index in [0.29, 0.717) is 12.8 Å². The molecule has 0 aromatic heterocycles. The first kappa shape index (κ1) is 48.5. The van der Waals surface area contributed by atoms with Crippen molar-refractivity contribution in [3.63, 3.8) is 0 Å². The fraction of sp³-hybridized carbons (Fsp3) is 0.949. The van der Waals surface area contributed by atoms with E-state index in [4.69, 9.17) is 5.11 Å². The van der Waals surface area contributed by atoms with E-state index in [1.807, 2.05) is 0 Å². The zero-order valence-electron chi connectivity index (χ0n) is 32.0. The molecule has 47 heavy (non-hydrogen) atoms. The van der Waals surface area contributed by atoms with Gasteiger partial charge in [0.15, 0.2) is 0 Å². The molecule has 0 aromatic rings. The molecule has 0 aromatic carbocycles. The summed E-state index contributed by atoms with van der Waals surface area (Å²) in [7, 11) is 1.74. The second-order valence-corrected chi connectivity index (χ2v) is 16.7. The minimum absolute atomic E-state index is 0.257. The monoisotopic (exact) mass is 691 g/mol. The molecule has 0 saturated heterocycles. The van der Waals surface area contributed by atoms with E-state index in [0.717, 1.165) is 36.7 Å². The lowest BCUT2D eigenvalue weighted by molar-refractivity contribution is -0.870. The van der Waals surface area contributed by atoms with Gasteiger partial charge in [-0.2, -0.15) is 0 Å². The molecule has 0 atom stereocenters. The van der Waals surface area contributed by atoms with Crippen LogP contribution in [0.2, 0.25) is 0 Å². The molecule has 0 radical (unpaired) electrons. The number of nitrogens with zero attached hydrogens (tertiary/aromatic N) is 1. The number of likely N-dealkylation sites (N-methyl/N-ethyl adjacent to an activating group) is 1. The Balaban J connectivity index is 0. The van der Waals surface area contributed by atoms with E-state index in [9.17, 15) is 23.9 Å². The van der Waals surface area contributed by atoms with Crippen LogP contribution in [0.1, 0.15) is 194 Å². The van der Waals surface area contributed by atoms with Gasteiger partial charge in [0, 0.05) is 12.8 Å². The number of hydrogen-bond donors (Lipinski definition) is 3. The molecule has 0 aliphatic heterocycles. The van der Waals surface area contributed by atoms with Gasteiger partial charge in [0.25, 0.3) is 0 Å². The fourth-order valence-electron chi connectivity index (χ4n) is 5.90. The standard InChI is InChI=1S/C34H67O5P.C5H14NO/c1-3-5-7-9-11-13-15-17-19-21-23-25-27-29-33(35)32(31-40(37,38)39)34(36)30-28-26-24-22-20-18-16-14-12-10-8-6-4-2;1-6(2,3)4-5-7/h32H,3-31H2,1-2H3,(H2,37,38,39);7H,4-5H2,1-3H3/q;+1. The third-order valence-corrected chi connectivity index (χ3v) is 9.86. The molecule has 0 spiro atoms. The van der Waals surface area contributed by atoms with Crippen LogP contribution < -0.4 is 0 Å². The minimum Gasteiger partial charge on any atom is -0.391 e. The lowest BCUT2D eigenvalue weighted by Gasteiger charge is -2.21. The van der Waals surface area contributed by atoms with Crippen molar-refractivity contribution in [3.8, 4) is 0 Å². The van der Waals surface area contributed by atoms with Crippen molar-refractivity contribution in [1.29, 1.82) is 0 Å². The molecule has 0 amide bonds. The Hall–Kier alpha value is -0.590. The largest absolute Gasteiger partial charge is 0.391 e. The number of quaternary nitrogens is 1. The third-order valence-electron chi connectivity index (χ3n) is 9.02. The molecule has 7 nitrogen and oxygen atoms in total. The normalized spacial score (nSPS) is 11.9. The lowest BCUT2D eigenvalue weighted by Crippen LogP contribution is -2.36. The molecule has 0 fully saturated rings. The third kappa shape index (κ3) is 39.7. The second-order valence-electron chi connectivity index (χ2n) is 15.1. The van der Waals surface area contributed by atoms with Gasteiger partial charge in [-0.05, 0) is 12.8 Å². The maximum atomic E-state index is 12.7. The maximum Gasteiger partial charge on any atom is 0.326 e.